The maximum absolute atomic E-state index is 5.07. The maximum atomic E-state index is 5.07. The van der Waals surface area contributed by atoms with Crippen LogP contribution in [0, 0.1) is 4.77 Å². The molecular formula is C14H18N4S2. The summed E-state index contributed by atoms with van der Waals surface area (Å²) in [6, 6.07) is 0. The standard InChI is InChI=1S/C14H18N4S2/c1-9(2)13-16-11(8-20-13)7-18-4-3-12-10(6-18)5-15-14(19)17-12/h5,8-9H,3-4,6-7H2,1-2H3,(H,15,17,19). The van der Waals surface area contributed by atoms with E-state index in [-0.39, 0.29) is 0 Å². The first kappa shape index (κ1) is 13.9. The number of fused-ring (bicyclic) bond motifs is 1. The summed E-state index contributed by atoms with van der Waals surface area (Å²) in [5.41, 5.74) is 3.67. The zero-order valence-corrected chi connectivity index (χ0v) is 13.4. The predicted molar refractivity (Wildman–Crippen MR) is 83.4 cm³/mol. The van der Waals surface area contributed by atoms with E-state index in [1.54, 1.807) is 11.3 Å². The summed E-state index contributed by atoms with van der Waals surface area (Å²) in [6.45, 7) is 7.25. The Hall–Kier alpha value is -1.11. The van der Waals surface area contributed by atoms with Gasteiger partial charge in [0, 0.05) is 54.8 Å². The zero-order chi connectivity index (χ0) is 14.1. The molecule has 0 amide bonds. The molecule has 0 saturated carbocycles. The van der Waals surface area contributed by atoms with Crippen molar-refractivity contribution in [1.82, 2.24) is 19.9 Å². The molecule has 2 aromatic rings. The van der Waals surface area contributed by atoms with E-state index < -0.39 is 0 Å². The Kier molecular flexibility index (Phi) is 3.96. The van der Waals surface area contributed by atoms with Gasteiger partial charge in [0.25, 0.3) is 0 Å². The lowest BCUT2D eigenvalue weighted by molar-refractivity contribution is 0.240. The van der Waals surface area contributed by atoms with Crippen LogP contribution in [0.1, 0.15) is 41.7 Å². The summed E-state index contributed by atoms with van der Waals surface area (Å²) in [4.78, 5) is 14.5. The van der Waals surface area contributed by atoms with Gasteiger partial charge in [-0.3, -0.25) is 4.90 Å². The van der Waals surface area contributed by atoms with Crippen molar-refractivity contribution in [2.45, 2.75) is 39.3 Å². The summed E-state index contributed by atoms with van der Waals surface area (Å²) < 4.78 is 0.582. The molecule has 1 aliphatic heterocycles. The summed E-state index contributed by atoms with van der Waals surface area (Å²) >= 11 is 6.83. The van der Waals surface area contributed by atoms with Crippen molar-refractivity contribution in [3.8, 4) is 0 Å². The third kappa shape index (κ3) is 2.97. The van der Waals surface area contributed by atoms with Crippen molar-refractivity contribution in [3.63, 3.8) is 0 Å². The van der Waals surface area contributed by atoms with Gasteiger partial charge in [0.05, 0.1) is 10.7 Å². The number of thiazole rings is 1. The predicted octanol–water partition coefficient (Wildman–Crippen LogP) is 3.28. The molecule has 0 aromatic carbocycles. The molecule has 106 valence electrons. The average Bonchev–Trinajstić information content (AvgIpc) is 2.88. The maximum Gasteiger partial charge on any atom is 0.196 e. The van der Waals surface area contributed by atoms with Crippen molar-refractivity contribution >= 4 is 23.6 Å². The topological polar surface area (TPSA) is 44.8 Å². The smallest absolute Gasteiger partial charge is 0.196 e. The lowest BCUT2D eigenvalue weighted by Gasteiger charge is -2.27. The Morgan fingerprint density at radius 3 is 3.10 bits per heavy atom. The van der Waals surface area contributed by atoms with Gasteiger partial charge in [-0.2, -0.15) is 0 Å². The molecule has 0 unspecified atom stereocenters. The van der Waals surface area contributed by atoms with Gasteiger partial charge in [-0.25, -0.2) is 9.97 Å². The molecule has 3 heterocycles. The molecule has 0 radical (unpaired) electrons. The minimum atomic E-state index is 0.514. The Morgan fingerprint density at radius 2 is 2.35 bits per heavy atom. The van der Waals surface area contributed by atoms with Gasteiger partial charge in [0.2, 0.25) is 0 Å². The van der Waals surface area contributed by atoms with Crippen molar-refractivity contribution in [3.05, 3.63) is 38.3 Å². The molecule has 0 bridgehead atoms. The van der Waals surface area contributed by atoms with Crippen molar-refractivity contribution in [1.29, 1.82) is 0 Å². The highest BCUT2D eigenvalue weighted by Gasteiger charge is 2.18. The second-order valence-corrected chi connectivity index (χ2v) is 6.76. The first-order valence-electron chi connectivity index (χ1n) is 6.85. The fraction of sp³-hybridized carbons (Fsp3) is 0.500. The molecule has 1 aliphatic rings. The first-order chi connectivity index (χ1) is 9.61. The lowest BCUT2D eigenvalue weighted by Crippen LogP contribution is -2.31. The van der Waals surface area contributed by atoms with E-state index in [0.29, 0.717) is 10.7 Å². The number of aromatic nitrogens is 3. The van der Waals surface area contributed by atoms with Crippen LogP contribution in [0.3, 0.4) is 0 Å². The van der Waals surface area contributed by atoms with E-state index in [1.807, 2.05) is 6.20 Å². The number of nitrogens with one attached hydrogen (secondary N) is 1. The van der Waals surface area contributed by atoms with Crippen molar-refractivity contribution in [2.24, 2.45) is 0 Å². The highest BCUT2D eigenvalue weighted by Crippen LogP contribution is 2.22. The number of rotatable bonds is 3. The Labute approximate surface area is 127 Å². The van der Waals surface area contributed by atoms with Crippen LogP contribution in [-0.4, -0.2) is 26.4 Å². The van der Waals surface area contributed by atoms with Crippen molar-refractivity contribution < 1.29 is 0 Å². The van der Waals surface area contributed by atoms with E-state index in [0.717, 1.165) is 26.1 Å². The van der Waals surface area contributed by atoms with E-state index in [9.17, 15) is 0 Å². The summed E-state index contributed by atoms with van der Waals surface area (Å²) in [7, 11) is 0. The van der Waals surface area contributed by atoms with Crippen LogP contribution in [-0.2, 0) is 19.5 Å². The number of aromatic amines is 1. The number of hydrogen-bond acceptors (Lipinski definition) is 5. The van der Waals surface area contributed by atoms with Crippen LogP contribution >= 0.6 is 23.6 Å². The molecule has 6 heteroatoms. The van der Waals surface area contributed by atoms with Crippen LogP contribution in [0.4, 0.5) is 0 Å². The molecule has 2 aromatic heterocycles. The molecule has 0 fully saturated rings. The van der Waals surface area contributed by atoms with Gasteiger partial charge >= 0.3 is 0 Å². The second-order valence-electron chi connectivity index (χ2n) is 5.48. The summed E-state index contributed by atoms with van der Waals surface area (Å²) in [6.07, 6.45) is 2.91. The van der Waals surface area contributed by atoms with Gasteiger partial charge in [0.15, 0.2) is 4.77 Å². The minimum absolute atomic E-state index is 0.514. The monoisotopic (exact) mass is 306 g/mol. The van der Waals surface area contributed by atoms with Crippen LogP contribution in [0.5, 0.6) is 0 Å². The van der Waals surface area contributed by atoms with E-state index in [2.05, 4.69) is 34.1 Å². The molecular weight excluding hydrogens is 288 g/mol. The molecule has 3 rings (SSSR count). The molecule has 0 spiro atoms. The Bertz CT molecular complexity index is 659. The van der Waals surface area contributed by atoms with E-state index >= 15 is 0 Å². The van der Waals surface area contributed by atoms with Crippen LogP contribution in [0.25, 0.3) is 0 Å². The van der Waals surface area contributed by atoms with Crippen LogP contribution in [0.2, 0.25) is 0 Å². The number of nitrogens with zero attached hydrogens (tertiary/aromatic N) is 3. The zero-order valence-electron chi connectivity index (χ0n) is 11.7. The fourth-order valence-corrected chi connectivity index (χ4v) is 3.43. The number of hydrogen-bond donors (Lipinski definition) is 1. The van der Waals surface area contributed by atoms with Gasteiger partial charge in [-0.05, 0) is 12.2 Å². The average molecular weight is 306 g/mol. The SMILES string of the molecule is CC(C)c1nc(CN2CCc3[nH]c(=S)ncc3C2)cs1. The highest BCUT2D eigenvalue weighted by molar-refractivity contribution is 7.71. The third-order valence-electron chi connectivity index (χ3n) is 3.50. The molecule has 1 N–H and O–H groups in total. The van der Waals surface area contributed by atoms with Gasteiger partial charge in [-0.15, -0.1) is 11.3 Å². The summed E-state index contributed by atoms with van der Waals surface area (Å²) in [5.74, 6) is 0.514. The molecule has 0 aliphatic carbocycles. The quantitative estimate of drug-likeness (QED) is 0.884. The van der Waals surface area contributed by atoms with Crippen LogP contribution < -0.4 is 0 Å². The Balaban J connectivity index is 1.70. The third-order valence-corrected chi connectivity index (χ3v) is 4.91. The number of H-pyrrole nitrogens is 1. The van der Waals surface area contributed by atoms with Gasteiger partial charge < -0.3 is 4.98 Å². The first-order valence-corrected chi connectivity index (χ1v) is 8.14. The molecule has 4 nitrogen and oxygen atoms in total. The molecule has 0 atom stereocenters. The minimum Gasteiger partial charge on any atom is -0.334 e. The van der Waals surface area contributed by atoms with Crippen LogP contribution in [0.15, 0.2) is 11.6 Å². The van der Waals surface area contributed by atoms with E-state index in [1.165, 1.54) is 22.0 Å². The van der Waals surface area contributed by atoms with Crippen molar-refractivity contribution in [2.75, 3.05) is 6.54 Å². The molecule has 20 heavy (non-hydrogen) atoms. The highest BCUT2D eigenvalue weighted by atomic mass is 32.1. The molecule has 0 saturated heterocycles. The van der Waals surface area contributed by atoms with E-state index in [4.69, 9.17) is 17.2 Å². The largest absolute Gasteiger partial charge is 0.334 e. The Morgan fingerprint density at radius 1 is 1.50 bits per heavy atom. The normalized spacial score (nSPS) is 15.6. The van der Waals surface area contributed by atoms with Gasteiger partial charge in [0.1, 0.15) is 0 Å². The lowest BCUT2D eigenvalue weighted by atomic mass is 10.1. The summed E-state index contributed by atoms with van der Waals surface area (Å²) in [5, 5.41) is 3.41. The van der Waals surface area contributed by atoms with Gasteiger partial charge in [-0.1, -0.05) is 13.8 Å². The fourth-order valence-electron chi connectivity index (χ4n) is 2.43. The second kappa shape index (κ2) is 5.71.